The van der Waals surface area contributed by atoms with Crippen molar-refractivity contribution >= 4 is 35.3 Å². The number of anilines is 4. The third-order valence-corrected chi connectivity index (χ3v) is 6.15. The number of para-hydroxylation sites is 2. The number of rotatable bonds is 1. The van der Waals surface area contributed by atoms with Crippen molar-refractivity contribution in [1.82, 2.24) is 0 Å². The third kappa shape index (κ3) is 2.17. The molecule has 0 spiro atoms. The van der Waals surface area contributed by atoms with Gasteiger partial charge in [-0.2, -0.15) is 0 Å². The summed E-state index contributed by atoms with van der Waals surface area (Å²) in [5.41, 5.74) is 9.01. The number of aryl methyl sites for hydroxylation is 2. The fraction of sp³-hybridized carbons (Fsp3) is 0.0800. The molecule has 29 heavy (non-hydrogen) atoms. The molecule has 2 aliphatic heterocycles. The minimum Gasteiger partial charge on any atom is -0.333 e. The van der Waals surface area contributed by atoms with Crippen LogP contribution in [-0.4, -0.2) is 6.98 Å². The van der Waals surface area contributed by atoms with Crippen LogP contribution in [0.5, 0.6) is 0 Å². The molecule has 4 heteroatoms. The SMILES string of the molecule is Cc1cccc2c1N1B(c3ccccc3-2)N(c2ccccc2)c2ccc[n+](C)c21. The van der Waals surface area contributed by atoms with Gasteiger partial charge >= 0.3 is 6.98 Å². The third-order valence-electron chi connectivity index (χ3n) is 6.15. The number of fused-ring (bicyclic) bond motifs is 8. The Kier molecular flexibility index (Phi) is 3.39. The molecule has 6 rings (SSSR count). The summed E-state index contributed by atoms with van der Waals surface area (Å²) in [5.74, 6) is 1.23. The van der Waals surface area contributed by atoms with E-state index in [4.69, 9.17) is 0 Å². The summed E-state index contributed by atoms with van der Waals surface area (Å²) in [6.45, 7) is 2.31. The van der Waals surface area contributed by atoms with Crippen molar-refractivity contribution in [2.75, 3.05) is 9.62 Å². The topological polar surface area (TPSA) is 10.4 Å². The van der Waals surface area contributed by atoms with Crippen molar-refractivity contribution < 1.29 is 4.57 Å². The molecular formula is C25H21BN3+. The van der Waals surface area contributed by atoms with E-state index in [9.17, 15) is 0 Å². The highest BCUT2D eigenvalue weighted by Gasteiger charge is 2.56. The molecule has 0 saturated heterocycles. The Morgan fingerprint density at radius 1 is 0.724 bits per heavy atom. The second-order valence-corrected chi connectivity index (χ2v) is 7.84. The van der Waals surface area contributed by atoms with Crippen molar-refractivity contribution in [3.05, 3.63) is 96.7 Å². The summed E-state index contributed by atoms with van der Waals surface area (Å²) in [5, 5.41) is 0. The van der Waals surface area contributed by atoms with Crippen LogP contribution in [0.15, 0.2) is 91.1 Å². The van der Waals surface area contributed by atoms with Gasteiger partial charge in [0.2, 0.25) is 0 Å². The van der Waals surface area contributed by atoms with E-state index in [0.717, 1.165) is 0 Å². The van der Waals surface area contributed by atoms with E-state index in [2.05, 4.69) is 119 Å². The van der Waals surface area contributed by atoms with E-state index in [-0.39, 0.29) is 6.98 Å². The highest BCUT2D eigenvalue weighted by atomic mass is 15.4. The average molecular weight is 374 g/mol. The van der Waals surface area contributed by atoms with Gasteiger partial charge in [-0.25, -0.2) is 4.57 Å². The number of benzene rings is 3. The fourth-order valence-corrected chi connectivity index (χ4v) is 4.97. The first-order valence-corrected chi connectivity index (χ1v) is 10.1. The molecule has 0 saturated carbocycles. The van der Waals surface area contributed by atoms with Gasteiger partial charge in [-0.05, 0) is 42.3 Å². The first kappa shape index (κ1) is 16.4. The quantitative estimate of drug-likeness (QED) is 0.359. The van der Waals surface area contributed by atoms with Crippen LogP contribution in [0.2, 0.25) is 0 Å². The minimum absolute atomic E-state index is 0.0887. The Balaban J connectivity index is 1.74. The van der Waals surface area contributed by atoms with Gasteiger partial charge in [-0.1, -0.05) is 60.7 Å². The van der Waals surface area contributed by atoms with Crippen molar-refractivity contribution in [2.45, 2.75) is 6.92 Å². The second-order valence-electron chi connectivity index (χ2n) is 7.84. The summed E-state index contributed by atoms with van der Waals surface area (Å²) in [7, 11) is 2.14. The Bertz CT molecular complexity index is 1250. The molecule has 3 heterocycles. The molecule has 138 valence electrons. The van der Waals surface area contributed by atoms with Crippen LogP contribution in [-0.2, 0) is 7.05 Å². The summed E-state index contributed by atoms with van der Waals surface area (Å²) in [4.78, 5) is 5.00. The predicted octanol–water partition coefficient (Wildman–Crippen LogP) is 4.49. The lowest BCUT2D eigenvalue weighted by Gasteiger charge is -2.31. The molecule has 0 unspecified atom stereocenters. The normalized spacial score (nSPS) is 13.7. The minimum atomic E-state index is 0.0887. The lowest BCUT2D eigenvalue weighted by Crippen LogP contribution is -2.57. The molecule has 0 fully saturated rings. The molecule has 0 bridgehead atoms. The van der Waals surface area contributed by atoms with Crippen molar-refractivity contribution in [3.63, 3.8) is 0 Å². The first-order chi connectivity index (χ1) is 14.3. The standard InChI is InChI=1S/C25H21BN3/c1-18-10-8-14-21-20-13-6-7-15-22(20)26-28(19-11-4-3-5-12-19)23-16-9-17-27(2)25(23)29(26)24(18)21/h3-17H,1-2H3/q+1. The molecule has 1 aromatic heterocycles. The Morgan fingerprint density at radius 2 is 1.48 bits per heavy atom. The molecule has 0 atom stereocenters. The van der Waals surface area contributed by atoms with E-state index in [1.807, 2.05) is 0 Å². The monoisotopic (exact) mass is 374 g/mol. The molecule has 0 aliphatic carbocycles. The van der Waals surface area contributed by atoms with Crippen LogP contribution in [0.1, 0.15) is 5.56 Å². The largest absolute Gasteiger partial charge is 0.543 e. The summed E-state index contributed by atoms with van der Waals surface area (Å²) >= 11 is 0. The number of pyridine rings is 1. The fourth-order valence-electron chi connectivity index (χ4n) is 4.97. The maximum Gasteiger partial charge on any atom is 0.543 e. The van der Waals surface area contributed by atoms with Crippen LogP contribution in [0.3, 0.4) is 0 Å². The number of hydrogen-bond donors (Lipinski definition) is 0. The highest BCUT2D eigenvalue weighted by Crippen LogP contribution is 2.50. The summed E-state index contributed by atoms with van der Waals surface area (Å²) in [6.07, 6.45) is 2.14. The molecule has 3 aromatic carbocycles. The molecule has 3 nitrogen and oxygen atoms in total. The Morgan fingerprint density at radius 3 is 2.34 bits per heavy atom. The molecule has 0 radical (unpaired) electrons. The van der Waals surface area contributed by atoms with Gasteiger partial charge in [0.1, 0.15) is 11.4 Å². The van der Waals surface area contributed by atoms with E-state index in [1.165, 1.54) is 45.0 Å². The average Bonchev–Trinajstić information content (AvgIpc) is 3.11. The zero-order valence-electron chi connectivity index (χ0n) is 16.6. The summed E-state index contributed by atoms with van der Waals surface area (Å²) in [6, 6.07) is 30.6. The second kappa shape index (κ2) is 5.98. The number of aromatic nitrogens is 1. The molecular weight excluding hydrogens is 353 g/mol. The van der Waals surface area contributed by atoms with Gasteiger partial charge in [0.25, 0.3) is 5.82 Å². The van der Waals surface area contributed by atoms with Gasteiger partial charge < -0.3 is 4.81 Å². The van der Waals surface area contributed by atoms with Gasteiger partial charge in [0.05, 0.1) is 13.2 Å². The number of hydrogen-bond acceptors (Lipinski definition) is 2. The van der Waals surface area contributed by atoms with E-state index >= 15 is 0 Å². The van der Waals surface area contributed by atoms with Crippen molar-refractivity contribution in [3.8, 4) is 11.1 Å². The molecule has 4 aromatic rings. The zero-order valence-corrected chi connectivity index (χ0v) is 16.6. The van der Waals surface area contributed by atoms with Gasteiger partial charge in [0.15, 0.2) is 0 Å². The first-order valence-electron chi connectivity index (χ1n) is 10.1. The molecule has 0 N–H and O–H groups in total. The Hall–Kier alpha value is -3.53. The van der Waals surface area contributed by atoms with Crippen molar-refractivity contribution in [2.24, 2.45) is 7.05 Å². The lowest BCUT2D eigenvalue weighted by molar-refractivity contribution is -0.657. The lowest BCUT2D eigenvalue weighted by atomic mass is 9.59. The van der Waals surface area contributed by atoms with Crippen molar-refractivity contribution in [1.29, 1.82) is 0 Å². The maximum atomic E-state index is 2.52. The molecule has 0 amide bonds. The van der Waals surface area contributed by atoms with E-state index in [1.54, 1.807) is 0 Å². The Labute approximate surface area is 171 Å². The van der Waals surface area contributed by atoms with Crippen LogP contribution < -0.4 is 19.7 Å². The van der Waals surface area contributed by atoms with Gasteiger partial charge in [0, 0.05) is 16.7 Å². The van der Waals surface area contributed by atoms with Gasteiger partial charge in [-0.15, -0.1) is 0 Å². The molecule has 2 aliphatic rings. The zero-order chi connectivity index (χ0) is 19.5. The van der Waals surface area contributed by atoms with Crippen LogP contribution in [0, 0.1) is 6.92 Å². The van der Waals surface area contributed by atoms with E-state index < -0.39 is 0 Å². The van der Waals surface area contributed by atoms with Crippen LogP contribution in [0.25, 0.3) is 11.1 Å². The summed E-state index contributed by atoms with van der Waals surface area (Å²) < 4.78 is 2.25. The number of nitrogens with zero attached hydrogens (tertiary/aromatic N) is 3. The van der Waals surface area contributed by atoms with Crippen LogP contribution in [0.4, 0.5) is 22.9 Å². The maximum absolute atomic E-state index is 2.52. The smallest absolute Gasteiger partial charge is 0.333 e. The highest BCUT2D eigenvalue weighted by molar-refractivity contribution is 6.86. The van der Waals surface area contributed by atoms with Gasteiger partial charge in [-0.3, -0.25) is 4.81 Å². The van der Waals surface area contributed by atoms with Crippen LogP contribution >= 0.6 is 0 Å². The predicted molar refractivity (Wildman–Crippen MR) is 120 cm³/mol. The van der Waals surface area contributed by atoms with E-state index in [0.29, 0.717) is 0 Å².